The maximum Gasteiger partial charge on any atom is 0.293 e. The van der Waals surface area contributed by atoms with Crippen LogP contribution in [-0.4, -0.2) is 31.3 Å². The van der Waals surface area contributed by atoms with E-state index in [9.17, 15) is 14.4 Å². The van der Waals surface area contributed by atoms with Crippen LogP contribution in [0.25, 0.3) is 16.6 Å². The van der Waals surface area contributed by atoms with Crippen molar-refractivity contribution >= 4 is 28.3 Å². The lowest BCUT2D eigenvalue weighted by Gasteiger charge is -2.13. The van der Waals surface area contributed by atoms with E-state index in [0.29, 0.717) is 27.8 Å². The number of benzene rings is 2. The summed E-state index contributed by atoms with van der Waals surface area (Å²) in [7, 11) is 0. The first-order valence-corrected chi connectivity index (χ1v) is 11.1. The fourth-order valence-corrected chi connectivity index (χ4v) is 3.80. The molecule has 4 rings (SSSR count). The lowest BCUT2D eigenvalue weighted by molar-refractivity contribution is -0.117. The summed E-state index contributed by atoms with van der Waals surface area (Å²) >= 11 is 0. The lowest BCUT2D eigenvalue weighted by atomic mass is 10.1. The van der Waals surface area contributed by atoms with Gasteiger partial charge in [-0.15, -0.1) is 0 Å². The molecule has 0 aliphatic carbocycles. The number of aryl methyl sites for hydroxylation is 2. The van der Waals surface area contributed by atoms with Gasteiger partial charge in [-0.05, 0) is 74.2 Å². The fraction of sp³-hybridized carbons (Fsp3) is 0.269. The van der Waals surface area contributed by atoms with E-state index in [1.165, 1.54) is 11.6 Å². The average molecular weight is 458 g/mol. The third kappa shape index (κ3) is 4.39. The number of carbonyl (C=O) groups is 2. The topological polar surface area (TPSA) is 98.9 Å². The van der Waals surface area contributed by atoms with Gasteiger partial charge in [0.1, 0.15) is 12.1 Å². The molecule has 1 N–H and O–H groups in total. The van der Waals surface area contributed by atoms with Gasteiger partial charge in [0.15, 0.2) is 5.78 Å². The fourth-order valence-electron chi connectivity index (χ4n) is 3.80. The molecule has 0 aliphatic rings. The highest BCUT2D eigenvalue weighted by Crippen LogP contribution is 2.24. The molecule has 0 saturated carbocycles. The normalized spacial score (nSPS) is 11.2. The summed E-state index contributed by atoms with van der Waals surface area (Å²) in [6.07, 6.45) is 1.66. The Morgan fingerprint density at radius 3 is 2.35 bits per heavy atom. The third-order valence-corrected chi connectivity index (χ3v) is 5.86. The number of amides is 1. The molecule has 2 heterocycles. The van der Waals surface area contributed by atoms with Crippen LogP contribution in [0, 0.1) is 13.8 Å². The van der Waals surface area contributed by atoms with E-state index in [0.717, 1.165) is 16.8 Å². The molecule has 2 aromatic carbocycles. The Hall–Kier alpha value is -4.07. The first-order valence-electron chi connectivity index (χ1n) is 11.1. The van der Waals surface area contributed by atoms with Crippen LogP contribution in [0.15, 0.2) is 53.5 Å². The van der Waals surface area contributed by atoms with Crippen LogP contribution in [0.5, 0.6) is 0 Å². The van der Waals surface area contributed by atoms with Gasteiger partial charge in [0, 0.05) is 16.6 Å². The zero-order valence-corrected chi connectivity index (χ0v) is 19.9. The van der Waals surface area contributed by atoms with E-state index >= 15 is 0 Å². The second kappa shape index (κ2) is 9.05. The van der Waals surface area contributed by atoms with Gasteiger partial charge < -0.3 is 5.32 Å². The number of Topliss-reactive ketones (excluding diaryl/α,β-unsaturated/α-hetero) is 1. The van der Waals surface area contributed by atoms with Crippen LogP contribution in [0.4, 0.5) is 5.69 Å². The Balaban J connectivity index is 1.73. The van der Waals surface area contributed by atoms with E-state index < -0.39 is 11.5 Å². The van der Waals surface area contributed by atoms with E-state index in [1.807, 2.05) is 45.9 Å². The molecule has 0 atom stereocenters. The van der Waals surface area contributed by atoms with Crippen molar-refractivity contribution in [3.8, 4) is 5.69 Å². The summed E-state index contributed by atoms with van der Waals surface area (Å²) in [4.78, 5) is 37.6. The SMILES string of the molecule is CC(=O)c1ccc(NC(=O)Cn2nc(C(C)C)c3cnn(-c4ccc(C)c(C)c4)c3c2=O)cc1. The largest absolute Gasteiger partial charge is 0.324 e. The highest BCUT2D eigenvalue weighted by Gasteiger charge is 2.20. The second-order valence-electron chi connectivity index (χ2n) is 8.77. The monoisotopic (exact) mass is 457 g/mol. The molecule has 2 aromatic heterocycles. The first kappa shape index (κ1) is 23.1. The number of carbonyl (C=O) groups excluding carboxylic acids is 2. The molecular weight excluding hydrogens is 430 g/mol. The summed E-state index contributed by atoms with van der Waals surface area (Å²) in [6, 6.07) is 12.5. The molecule has 0 unspecified atom stereocenters. The Morgan fingerprint density at radius 2 is 1.74 bits per heavy atom. The minimum absolute atomic E-state index is 0.0222. The molecular formula is C26H27N5O3. The molecule has 34 heavy (non-hydrogen) atoms. The zero-order chi connectivity index (χ0) is 24.6. The van der Waals surface area contributed by atoms with Crippen molar-refractivity contribution in [1.82, 2.24) is 19.6 Å². The van der Waals surface area contributed by atoms with Crippen molar-refractivity contribution in [3.05, 3.63) is 81.4 Å². The summed E-state index contributed by atoms with van der Waals surface area (Å²) in [5.74, 6) is -0.422. The maximum atomic E-state index is 13.4. The van der Waals surface area contributed by atoms with Gasteiger partial charge >= 0.3 is 0 Å². The molecule has 174 valence electrons. The van der Waals surface area contributed by atoms with Crippen LogP contribution in [0.1, 0.15) is 53.9 Å². The molecule has 0 saturated heterocycles. The van der Waals surface area contributed by atoms with Gasteiger partial charge in [-0.1, -0.05) is 19.9 Å². The van der Waals surface area contributed by atoms with E-state index in [-0.39, 0.29) is 18.2 Å². The Labute approximate surface area is 197 Å². The summed E-state index contributed by atoms with van der Waals surface area (Å²) < 4.78 is 2.81. The predicted molar refractivity (Wildman–Crippen MR) is 132 cm³/mol. The Morgan fingerprint density at radius 1 is 1.03 bits per heavy atom. The zero-order valence-electron chi connectivity index (χ0n) is 19.9. The molecule has 0 fully saturated rings. The van der Waals surface area contributed by atoms with Crippen molar-refractivity contribution in [1.29, 1.82) is 0 Å². The number of nitrogens with zero attached hydrogens (tertiary/aromatic N) is 4. The number of rotatable bonds is 6. The Bertz CT molecular complexity index is 1460. The molecule has 8 nitrogen and oxygen atoms in total. The number of aromatic nitrogens is 4. The standard InChI is InChI=1S/C26H27N5O3/c1-15(2)24-22-13-27-31(21-11-6-16(3)17(4)12-21)25(22)26(34)30(29-24)14-23(33)28-20-9-7-19(8-10-20)18(5)32/h6-13,15H,14H2,1-5H3,(H,28,33). The Kier molecular flexibility index (Phi) is 6.15. The number of fused-ring (bicyclic) bond motifs is 1. The first-order chi connectivity index (χ1) is 16.2. The van der Waals surface area contributed by atoms with Gasteiger partial charge in [0.25, 0.3) is 5.56 Å². The van der Waals surface area contributed by atoms with Crippen LogP contribution in [0.3, 0.4) is 0 Å². The summed E-state index contributed by atoms with van der Waals surface area (Å²) in [5.41, 5.74) is 4.81. The third-order valence-electron chi connectivity index (χ3n) is 5.86. The number of hydrogen-bond acceptors (Lipinski definition) is 5. The molecule has 0 bridgehead atoms. The van der Waals surface area contributed by atoms with E-state index in [2.05, 4.69) is 15.5 Å². The van der Waals surface area contributed by atoms with Crippen LogP contribution in [0.2, 0.25) is 0 Å². The van der Waals surface area contributed by atoms with Crippen molar-refractivity contribution in [2.24, 2.45) is 0 Å². The van der Waals surface area contributed by atoms with Crippen LogP contribution < -0.4 is 10.9 Å². The van der Waals surface area contributed by atoms with Gasteiger partial charge in [-0.2, -0.15) is 10.2 Å². The predicted octanol–water partition coefficient (Wildman–Crippen LogP) is 4.16. The highest BCUT2D eigenvalue weighted by molar-refractivity contribution is 5.95. The van der Waals surface area contributed by atoms with Gasteiger partial charge in [0.05, 0.1) is 17.6 Å². The lowest BCUT2D eigenvalue weighted by Crippen LogP contribution is -2.31. The molecule has 0 aliphatic heterocycles. The smallest absolute Gasteiger partial charge is 0.293 e. The minimum Gasteiger partial charge on any atom is -0.324 e. The van der Waals surface area contributed by atoms with E-state index in [1.54, 1.807) is 35.1 Å². The van der Waals surface area contributed by atoms with Crippen LogP contribution in [-0.2, 0) is 11.3 Å². The van der Waals surface area contributed by atoms with Gasteiger partial charge in [-0.25, -0.2) is 9.36 Å². The molecule has 8 heteroatoms. The molecule has 4 aromatic rings. The number of anilines is 1. The minimum atomic E-state index is -0.392. The number of nitrogens with one attached hydrogen (secondary N) is 1. The quantitative estimate of drug-likeness (QED) is 0.438. The van der Waals surface area contributed by atoms with Gasteiger partial charge in [-0.3, -0.25) is 14.4 Å². The van der Waals surface area contributed by atoms with Crippen molar-refractivity contribution in [3.63, 3.8) is 0 Å². The number of ketones is 1. The van der Waals surface area contributed by atoms with Crippen LogP contribution >= 0.6 is 0 Å². The summed E-state index contributed by atoms with van der Waals surface area (Å²) in [6.45, 7) is 9.25. The summed E-state index contributed by atoms with van der Waals surface area (Å²) in [5, 5.41) is 12.4. The van der Waals surface area contributed by atoms with Crippen molar-refractivity contribution < 1.29 is 9.59 Å². The average Bonchev–Trinajstić information content (AvgIpc) is 3.23. The number of hydrogen-bond donors (Lipinski definition) is 1. The van der Waals surface area contributed by atoms with Crippen molar-refractivity contribution in [2.45, 2.75) is 47.1 Å². The highest BCUT2D eigenvalue weighted by atomic mass is 16.2. The molecule has 0 spiro atoms. The molecule has 0 radical (unpaired) electrons. The second-order valence-corrected chi connectivity index (χ2v) is 8.77. The van der Waals surface area contributed by atoms with Gasteiger partial charge in [0.2, 0.25) is 5.91 Å². The maximum absolute atomic E-state index is 13.4. The van der Waals surface area contributed by atoms with E-state index in [4.69, 9.17) is 0 Å². The molecule has 1 amide bonds. The van der Waals surface area contributed by atoms with Crippen molar-refractivity contribution in [2.75, 3.05) is 5.32 Å².